The summed E-state index contributed by atoms with van der Waals surface area (Å²) in [5.41, 5.74) is 4.50. The molecule has 162 valence electrons. The van der Waals surface area contributed by atoms with Gasteiger partial charge in [-0.15, -0.1) is 0 Å². The number of furan rings is 1. The van der Waals surface area contributed by atoms with Gasteiger partial charge < -0.3 is 19.2 Å². The molecule has 0 bridgehead atoms. The van der Waals surface area contributed by atoms with Gasteiger partial charge in [-0.05, 0) is 72.2 Å². The third-order valence-corrected chi connectivity index (χ3v) is 6.32. The summed E-state index contributed by atoms with van der Waals surface area (Å²) in [4.78, 5) is 6.86. The average molecular weight is 443 g/mol. The molecule has 1 fully saturated rings. The summed E-state index contributed by atoms with van der Waals surface area (Å²) in [5, 5.41) is 4.24. The molecular formula is C26H26N4OS. The predicted molar refractivity (Wildman–Crippen MR) is 131 cm³/mol. The lowest BCUT2D eigenvalue weighted by atomic mass is 9.99. The van der Waals surface area contributed by atoms with Crippen molar-refractivity contribution in [3.8, 4) is 0 Å². The number of hydrogen-bond donors (Lipinski definition) is 1. The van der Waals surface area contributed by atoms with E-state index in [1.165, 1.54) is 5.56 Å². The Morgan fingerprint density at radius 3 is 2.56 bits per heavy atom. The Balaban J connectivity index is 1.58. The number of nitrogens with one attached hydrogen (secondary N) is 1. The molecule has 3 aromatic heterocycles. The van der Waals surface area contributed by atoms with E-state index in [4.69, 9.17) is 16.6 Å². The number of aromatic nitrogens is 2. The van der Waals surface area contributed by atoms with Crippen LogP contribution in [0.15, 0.2) is 89.8 Å². The molecule has 4 aromatic rings. The topological polar surface area (TPSA) is 46.2 Å². The molecule has 0 amide bonds. The Morgan fingerprint density at radius 1 is 1.03 bits per heavy atom. The second kappa shape index (κ2) is 8.63. The molecule has 2 atom stereocenters. The van der Waals surface area contributed by atoms with Gasteiger partial charge in [-0.2, -0.15) is 0 Å². The Hall–Kier alpha value is -3.38. The zero-order valence-electron chi connectivity index (χ0n) is 18.2. The highest BCUT2D eigenvalue weighted by atomic mass is 32.1. The lowest BCUT2D eigenvalue weighted by Gasteiger charge is -2.29. The zero-order valence-corrected chi connectivity index (χ0v) is 19.0. The van der Waals surface area contributed by atoms with E-state index in [0.717, 1.165) is 22.8 Å². The third kappa shape index (κ3) is 3.82. The average Bonchev–Trinajstić information content (AvgIpc) is 3.55. The van der Waals surface area contributed by atoms with Crippen molar-refractivity contribution in [1.29, 1.82) is 0 Å². The summed E-state index contributed by atoms with van der Waals surface area (Å²) in [6.07, 6.45) is 5.64. The van der Waals surface area contributed by atoms with Crippen molar-refractivity contribution in [2.45, 2.75) is 38.4 Å². The largest absolute Gasteiger partial charge is 0.467 e. The number of rotatable bonds is 6. The number of pyridine rings is 1. The Bertz CT molecular complexity index is 1180. The number of hydrogen-bond acceptors (Lipinski definition) is 3. The maximum atomic E-state index is 5.85. The van der Waals surface area contributed by atoms with Crippen LogP contribution in [0.1, 0.15) is 54.6 Å². The molecule has 32 heavy (non-hydrogen) atoms. The van der Waals surface area contributed by atoms with Crippen molar-refractivity contribution in [1.82, 2.24) is 14.9 Å². The lowest BCUT2D eigenvalue weighted by Crippen LogP contribution is -2.30. The second-order valence-electron chi connectivity index (χ2n) is 8.38. The van der Waals surface area contributed by atoms with E-state index in [1.807, 2.05) is 30.5 Å². The van der Waals surface area contributed by atoms with Gasteiger partial charge >= 0.3 is 0 Å². The minimum absolute atomic E-state index is 0.0488. The fraction of sp³-hybridized carbons (Fsp3) is 0.231. The Labute approximate surface area is 193 Å². The highest BCUT2D eigenvalue weighted by Crippen LogP contribution is 2.42. The van der Waals surface area contributed by atoms with E-state index in [1.54, 1.807) is 6.26 Å². The van der Waals surface area contributed by atoms with Crippen molar-refractivity contribution in [3.05, 3.63) is 108 Å². The standard InChI is InChI=1S/C26H26N4OS/c1-18(2)19-10-12-20(13-11-19)30-25(24(28-26(30)32)22-8-3-4-14-27-22)23-9-5-15-29(23)17-21-7-6-16-31-21/h3-16,18,24-25H,17H2,1-2H3,(H,28,32)/t24-,25-/m1/s1. The van der Waals surface area contributed by atoms with E-state index in [0.29, 0.717) is 17.6 Å². The summed E-state index contributed by atoms with van der Waals surface area (Å²) in [6, 6.07) is 22.8. The van der Waals surface area contributed by atoms with E-state index >= 15 is 0 Å². The minimum Gasteiger partial charge on any atom is -0.467 e. The van der Waals surface area contributed by atoms with E-state index in [2.05, 4.69) is 82.3 Å². The van der Waals surface area contributed by atoms with Crippen LogP contribution >= 0.6 is 12.2 Å². The van der Waals surface area contributed by atoms with Crippen LogP contribution in [0.2, 0.25) is 0 Å². The van der Waals surface area contributed by atoms with Crippen LogP contribution in [-0.2, 0) is 6.54 Å². The highest BCUT2D eigenvalue weighted by molar-refractivity contribution is 7.80. The van der Waals surface area contributed by atoms with Gasteiger partial charge in [-0.25, -0.2) is 0 Å². The molecule has 5 nitrogen and oxygen atoms in total. The molecule has 1 N–H and O–H groups in total. The van der Waals surface area contributed by atoms with Crippen LogP contribution in [0.3, 0.4) is 0 Å². The molecule has 0 spiro atoms. The van der Waals surface area contributed by atoms with Crippen molar-refractivity contribution in [3.63, 3.8) is 0 Å². The number of nitrogens with zero attached hydrogens (tertiary/aromatic N) is 3. The maximum absolute atomic E-state index is 5.85. The Morgan fingerprint density at radius 2 is 1.88 bits per heavy atom. The van der Waals surface area contributed by atoms with Gasteiger partial charge in [0.2, 0.25) is 0 Å². The first-order valence-electron chi connectivity index (χ1n) is 10.9. The van der Waals surface area contributed by atoms with Gasteiger partial charge in [-0.1, -0.05) is 32.0 Å². The van der Waals surface area contributed by atoms with Crippen molar-refractivity contribution < 1.29 is 4.42 Å². The summed E-state index contributed by atoms with van der Waals surface area (Å²) in [6.45, 7) is 5.07. The molecule has 4 heterocycles. The summed E-state index contributed by atoms with van der Waals surface area (Å²) in [7, 11) is 0. The quantitative estimate of drug-likeness (QED) is 0.381. The predicted octanol–water partition coefficient (Wildman–Crippen LogP) is 5.82. The summed E-state index contributed by atoms with van der Waals surface area (Å²) < 4.78 is 7.84. The third-order valence-electron chi connectivity index (χ3n) is 6.01. The van der Waals surface area contributed by atoms with Crippen LogP contribution < -0.4 is 10.2 Å². The van der Waals surface area contributed by atoms with Crippen LogP contribution in [0.4, 0.5) is 5.69 Å². The molecule has 6 heteroatoms. The molecule has 1 aliphatic rings. The van der Waals surface area contributed by atoms with E-state index in [9.17, 15) is 0 Å². The molecule has 1 saturated heterocycles. The van der Waals surface area contributed by atoms with Gasteiger partial charge in [0.05, 0.1) is 24.5 Å². The van der Waals surface area contributed by atoms with Crippen LogP contribution in [0.5, 0.6) is 0 Å². The molecule has 0 radical (unpaired) electrons. The zero-order chi connectivity index (χ0) is 22.1. The molecular weight excluding hydrogens is 416 g/mol. The number of benzene rings is 1. The minimum atomic E-state index is -0.0706. The molecule has 0 unspecified atom stereocenters. The smallest absolute Gasteiger partial charge is 0.174 e. The highest BCUT2D eigenvalue weighted by Gasteiger charge is 2.42. The first-order chi connectivity index (χ1) is 15.6. The number of anilines is 1. The number of thiocarbonyl (C=S) groups is 1. The van der Waals surface area contributed by atoms with Crippen LogP contribution in [0.25, 0.3) is 0 Å². The molecule has 5 rings (SSSR count). The first kappa shape index (κ1) is 20.5. The Kier molecular flexibility index (Phi) is 5.53. The molecule has 0 aliphatic carbocycles. The van der Waals surface area contributed by atoms with E-state index < -0.39 is 0 Å². The molecule has 1 aliphatic heterocycles. The summed E-state index contributed by atoms with van der Waals surface area (Å²) >= 11 is 5.85. The second-order valence-corrected chi connectivity index (χ2v) is 8.77. The molecule has 0 saturated carbocycles. The van der Waals surface area contributed by atoms with E-state index in [-0.39, 0.29) is 12.1 Å². The monoisotopic (exact) mass is 442 g/mol. The maximum Gasteiger partial charge on any atom is 0.174 e. The van der Waals surface area contributed by atoms with Crippen molar-refractivity contribution in [2.75, 3.05) is 4.90 Å². The fourth-order valence-electron chi connectivity index (χ4n) is 4.36. The van der Waals surface area contributed by atoms with Gasteiger partial charge in [0, 0.05) is 23.8 Å². The van der Waals surface area contributed by atoms with Gasteiger partial charge in [0.1, 0.15) is 11.8 Å². The first-order valence-corrected chi connectivity index (χ1v) is 11.3. The fourth-order valence-corrected chi connectivity index (χ4v) is 4.71. The van der Waals surface area contributed by atoms with Crippen molar-refractivity contribution in [2.24, 2.45) is 0 Å². The lowest BCUT2D eigenvalue weighted by molar-refractivity contribution is 0.475. The van der Waals surface area contributed by atoms with Gasteiger partial charge in [0.25, 0.3) is 0 Å². The SMILES string of the molecule is CC(C)c1ccc(N2C(=S)N[C@H](c3ccccn3)[C@H]2c2cccn2Cc2ccco2)cc1. The molecule has 1 aromatic carbocycles. The van der Waals surface area contributed by atoms with Crippen LogP contribution in [0, 0.1) is 0 Å². The van der Waals surface area contributed by atoms with Gasteiger partial charge in [0.15, 0.2) is 5.11 Å². The van der Waals surface area contributed by atoms with Crippen LogP contribution in [-0.4, -0.2) is 14.7 Å². The van der Waals surface area contributed by atoms with Crippen molar-refractivity contribution >= 4 is 23.0 Å². The summed E-state index contributed by atoms with van der Waals surface area (Å²) in [5.74, 6) is 1.40. The normalized spacial score (nSPS) is 18.3. The van der Waals surface area contributed by atoms with Gasteiger partial charge in [-0.3, -0.25) is 4.98 Å².